The number of nitrogens with two attached hydrogens (primary N) is 1. The molecule has 0 saturated carbocycles. The Kier molecular flexibility index (Phi) is 3.73. The summed E-state index contributed by atoms with van der Waals surface area (Å²) in [5, 5.41) is 0. The van der Waals surface area contributed by atoms with E-state index in [4.69, 9.17) is 5.73 Å². The topological polar surface area (TPSA) is 29.3 Å². The van der Waals surface area contributed by atoms with Crippen LogP contribution < -0.4 is 5.73 Å². The molecule has 0 unspecified atom stereocenters. The van der Waals surface area contributed by atoms with E-state index >= 15 is 0 Å². The van der Waals surface area contributed by atoms with Gasteiger partial charge >= 0.3 is 0 Å². The molecule has 1 aliphatic rings. The van der Waals surface area contributed by atoms with Crippen molar-refractivity contribution in [1.82, 2.24) is 4.90 Å². The van der Waals surface area contributed by atoms with Crippen molar-refractivity contribution < 1.29 is 0 Å². The third-order valence-corrected chi connectivity index (χ3v) is 4.52. The summed E-state index contributed by atoms with van der Waals surface area (Å²) in [6, 6.07) is 17.1. The number of fused-ring (bicyclic) bond motifs is 1. The minimum absolute atomic E-state index is 0.139. The minimum atomic E-state index is 0.139. The van der Waals surface area contributed by atoms with Gasteiger partial charge in [-0.25, -0.2) is 0 Å². The van der Waals surface area contributed by atoms with Gasteiger partial charge in [-0.3, -0.25) is 4.90 Å². The second-order valence-electron chi connectivity index (χ2n) is 6.74. The number of nitrogens with zero attached hydrogens (tertiary/aromatic N) is 1. The predicted octanol–water partition coefficient (Wildman–Crippen LogP) is 3.60. The van der Waals surface area contributed by atoms with Crippen LogP contribution in [0.4, 0.5) is 5.69 Å². The molecule has 1 heterocycles. The van der Waals surface area contributed by atoms with Crippen LogP contribution in [-0.4, -0.2) is 18.0 Å². The Morgan fingerprint density at radius 2 is 1.67 bits per heavy atom. The maximum Gasteiger partial charge on any atom is 0.0314 e. The molecule has 0 bridgehead atoms. The molecular formula is C19H24N2. The van der Waals surface area contributed by atoms with Gasteiger partial charge in [0.05, 0.1) is 0 Å². The number of nitrogen functional groups attached to an aromatic ring is 1. The lowest BCUT2D eigenvalue weighted by Crippen LogP contribution is -2.40. The smallest absolute Gasteiger partial charge is 0.0314 e. The van der Waals surface area contributed by atoms with Crippen LogP contribution in [0, 0.1) is 0 Å². The van der Waals surface area contributed by atoms with Gasteiger partial charge in [0, 0.05) is 30.7 Å². The van der Waals surface area contributed by atoms with Gasteiger partial charge < -0.3 is 5.73 Å². The highest BCUT2D eigenvalue weighted by Gasteiger charge is 2.26. The van der Waals surface area contributed by atoms with Crippen LogP contribution in [0.3, 0.4) is 0 Å². The quantitative estimate of drug-likeness (QED) is 0.870. The number of benzene rings is 2. The summed E-state index contributed by atoms with van der Waals surface area (Å²) in [6.07, 6.45) is 1.16. The summed E-state index contributed by atoms with van der Waals surface area (Å²) in [6.45, 7) is 7.92. The highest BCUT2D eigenvalue weighted by molar-refractivity contribution is 5.41. The molecule has 0 atom stereocenters. The molecule has 0 fully saturated rings. The van der Waals surface area contributed by atoms with Crippen molar-refractivity contribution in [3.8, 4) is 0 Å². The Hall–Kier alpha value is -1.80. The molecule has 1 aliphatic heterocycles. The van der Waals surface area contributed by atoms with Gasteiger partial charge in [-0.2, -0.15) is 0 Å². The molecule has 0 aliphatic carbocycles. The van der Waals surface area contributed by atoms with E-state index in [9.17, 15) is 0 Å². The van der Waals surface area contributed by atoms with E-state index in [1.165, 1.54) is 16.7 Å². The third kappa shape index (κ3) is 3.11. The van der Waals surface area contributed by atoms with Crippen molar-refractivity contribution in [2.24, 2.45) is 0 Å². The molecule has 0 amide bonds. The molecule has 110 valence electrons. The molecule has 21 heavy (non-hydrogen) atoms. The first kappa shape index (κ1) is 14.2. The number of hydrogen-bond donors (Lipinski definition) is 1. The van der Waals surface area contributed by atoms with Crippen molar-refractivity contribution in [2.75, 3.05) is 18.8 Å². The van der Waals surface area contributed by atoms with Gasteiger partial charge in [0.25, 0.3) is 0 Å². The lowest BCUT2D eigenvalue weighted by atomic mass is 9.83. The largest absolute Gasteiger partial charge is 0.399 e. The summed E-state index contributed by atoms with van der Waals surface area (Å²) < 4.78 is 0. The van der Waals surface area contributed by atoms with E-state index in [2.05, 4.69) is 55.1 Å². The second-order valence-corrected chi connectivity index (χ2v) is 6.74. The number of anilines is 1. The first-order valence-electron chi connectivity index (χ1n) is 7.70. The van der Waals surface area contributed by atoms with E-state index in [0.717, 1.165) is 31.7 Å². The van der Waals surface area contributed by atoms with Crippen LogP contribution in [0.1, 0.15) is 30.5 Å². The van der Waals surface area contributed by atoms with Crippen molar-refractivity contribution in [1.29, 1.82) is 0 Å². The van der Waals surface area contributed by atoms with Gasteiger partial charge in [0.2, 0.25) is 0 Å². The summed E-state index contributed by atoms with van der Waals surface area (Å²) >= 11 is 0. The van der Waals surface area contributed by atoms with Crippen molar-refractivity contribution in [3.05, 3.63) is 65.2 Å². The first-order valence-corrected chi connectivity index (χ1v) is 7.70. The fourth-order valence-corrected chi connectivity index (χ4v) is 3.27. The number of hydrogen-bond acceptors (Lipinski definition) is 2. The van der Waals surface area contributed by atoms with Crippen LogP contribution in [-0.2, 0) is 18.4 Å². The van der Waals surface area contributed by atoms with Crippen LogP contribution in [0.2, 0.25) is 0 Å². The fourth-order valence-electron chi connectivity index (χ4n) is 3.27. The molecule has 0 aromatic heterocycles. The molecule has 2 heteroatoms. The second kappa shape index (κ2) is 5.53. The van der Waals surface area contributed by atoms with Crippen molar-refractivity contribution in [3.63, 3.8) is 0 Å². The first-order chi connectivity index (χ1) is 10.0. The maximum absolute atomic E-state index is 5.80. The highest BCUT2D eigenvalue weighted by Crippen LogP contribution is 2.28. The zero-order chi connectivity index (χ0) is 14.9. The normalized spacial score (nSPS) is 15.7. The van der Waals surface area contributed by atoms with Gasteiger partial charge in [0.1, 0.15) is 0 Å². The molecule has 0 radical (unpaired) electrons. The Morgan fingerprint density at radius 3 is 2.38 bits per heavy atom. The van der Waals surface area contributed by atoms with E-state index in [1.807, 2.05) is 12.1 Å². The van der Waals surface area contributed by atoms with Gasteiger partial charge in [0.15, 0.2) is 0 Å². The standard InChI is InChI=1S/C19H24N2/c1-19(2,17-7-9-18(20)10-8-17)14-21-12-11-15-5-3-4-6-16(15)13-21/h3-10H,11-14,20H2,1-2H3. The zero-order valence-corrected chi connectivity index (χ0v) is 13.0. The average Bonchev–Trinajstić information content (AvgIpc) is 2.47. The molecular weight excluding hydrogens is 256 g/mol. The van der Waals surface area contributed by atoms with E-state index in [0.29, 0.717) is 0 Å². The molecule has 2 aromatic carbocycles. The van der Waals surface area contributed by atoms with Crippen LogP contribution in [0.25, 0.3) is 0 Å². The van der Waals surface area contributed by atoms with Gasteiger partial charge in [-0.1, -0.05) is 50.2 Å². The summed E-state index contributed by atoms with van der Waals surface area (Å²) in [7, 11) is 0. The van der Waals surface area contributed by atoms with E-state index < -0.39 is 0 Å². The number of rotatable bonds is 3. The van der Waals surface area contributed by atoms with Crippen molar-refractivity contribution >= 4 is 5.69 Å². The predicted molar refractivity (Wildman–Crippen MR) is 89.3 cm³/mol. The summed E-state index contributed by atoms with van der Waals surface area (Å²) in [5.74, 6) is 0. The van der Waals surface area contributed by atoms with Gasteiger partial charge in [-0.15, -0.1) is 0 Å². The fraction of sp³-hybridized carbons (Fsp3) is 0.368. The Morgan fingerprint density at radius 1 is 1.00 bits per heavy atom. The molecule has 0 spiro atoms. The highest BCUT2D eigenvalue weighted by atomic mass is 15.1. The lowest BCUT2D eigenvalue weighted by molar-refractivity contribution is 0.207. The van der Waals surface area contributed by atoms with E-state index in [1.54, 1.807) is 0 Å². The summed E-state index contributed by atoms with van der Waals surface area (Å²) in [4.78, 5) is 2.57. The van der Waals surface area contributed by atoms with Crippen LogP contribution in [0.15, 0.2) is 48.5 Å². The average molecular weight is 280 g/mol. The lowest BCUT2D eigenvalue weighted by Gasteiger charge is -2.36. The molecule has 0 saturated heterocycles. The molecule has 2 aromatic rings. The monoisotopic (exact) mass is 280 g/mol. The Bertz CT molecular complexity index is 614. The third-order valence-electron chi connectivity index (χ3n) is 4.52. The SMILES string of the molecule is CC(C)(CN1CCc2ccccc2C1)c1ccc(N)cc1. The van der Waals surface area contributed by atoms with Gasteiger partial charge in [-0.05, 0) is 35.2 Å². The van der Waals surface area contributed by atoms with Crippen LogP contribution in [0.5, 0.6) is 0 Å². The van der Waals surface area contributed by atoms with E-state index in [-0.39, 0.29) is 5.41 Å². The molecule has 2 nitrogen and oxygen atoms in total. The zero-order valence-electron chi connectivity index (χ0n) is 13.0. The Labute approximate surface area is 127 Å². The van der Waals surface area contributed by atoms with Crippen LogP contribution >= 0.6 is 0 Å². The minimum Gasteiger partial charge on any atom is -0.399 e. The maximum atomic E-state index is 5.80. The van der Waals surface area contributed by atoms with Crippen molar-refractivity contribution in [2.45, 2.75) is 32.2 Å². The Balaban J connectivity index is 1.73. The summed E-state index contributed by atoms with van der Waals surface area (Å²) in [5.41, 5.74) is 11.1. The molecule has 3 rings (SSSR count). The molecule has 2 N–H and O–H groups in total.